The van der Waals surface area contributed by atoms with Crippen molar-refractivity contribution in [3.8, 4) is 0 Å². The average Bonchev–Trinajstić information content (AvgIpc) is 2.86. The lowest BCUT2D eigenvalue weighted by atomic mass is 10.0. The van der Waals surface area contributed by atoms with Gasteiger partial charge >= 0.3 is 0 Å². The number of hydrogen-bond acceptors (Lipinski definition) is 2. The topological polar surface area (TPSA) is 29.9 Å². The number of aromatic nitrogens is 2. The van der Waals surface area contributed by atoms with Crippen LogP contribution in [0.4, 0.5) is 4.39 Å². The second-order valence-electron chi connectivity index (χ2n) is 4.47. The van der Waals surface area contributed by atoms with Crippen molar-refractivity contribution in [2.45, 2.75) is 32.9 Å². The standard InChI is InChI=1S/C15H20FN3/c1-3-17-14(12-7-5-6-8-13(12)16)11-15-18-9-10-19(15)4-2/h5-10,14,17H,3-4,11H2,1-2H3. The lowest BCUT2D eigenvalue weighted by Gasteiger charge is -2.19. The Bertz CT molecular complexity index is 522. The van der Waals surface area contributed by atoms with Gasteiger partial charge in [-0.2, -0.15) is 0 Å². The quantitative estimate of drug-likeness (QED) is 0.866. The molecule has 0 saturated carbocycles. The average molecular weight is 261 g/mol. The molecule has 102 valence electrons. The number of imidazole rings is 1. The molecule has 1 aromatic heterocycles. The van der Waals surface area contributed by atoms with Crippen LogP contribution in [0.3, 0.4) is 0 Å². The molecule has 0 amide bonds. The molecule has 0 aliphatic rings. The molecule has 1 atom stereocenters. The summed E-state index contributed by atoms with van der Waals surface area (Å²) in [6.07, 6.45) is 4.44. The van der Waals surface area contributed by atoms with Crippen molar-refractivity contribution in [3.05, 3.63) is 53.9 Å². The maximum absolute atomic E-state index is 13.9. The van der Waals surface area contributed by atoms with Crippen molar-refractivity contribution in [1.29, 1.82) is 0 Å². The summed E-state index contributed by atoms with van der Waals surface area (Å²) < 4.78 is 16.0. The van der Waals surface area contributed by atoms with E-state index < -0.39 is 0 Å². The molecule has 0 radical (unpaired) electrons. The van der Waals surface area contributed by atoms with Crippen molar-refractivity contribution in [3.63, 3.8) is 0 Å². The molecule has 2 rings (SSSR count). The highest BCUT2D eigenvalue weighted by molar-refractivity contribution is 5.22. The number of nitrogens with zero attached hydrogens (tertiary/aromatic N) is 2. The van der Waals surface area contributed by atoms with Crippen LogP contribution in [0.15, 0.2) is 36.7 Å². The molecule has 2 aromatic rings. The molecule has 4 heteroatoms. The van der Waals surface area contributed by atoms with Gasteiger partial charge in [-0.25, -0.2) is 9.37 Å². The van der Waals surface area contributed by atoms with E-state index >= 15 is 0 Å². The molecule has 1 aromatic carbocycles. The fourth-order valence-corrected chi connectivity index (χ4v) is 2.30. The van der Waals surface area contributed by atoms with E-state index in [2.05, 4.69) is 21.8 Å². The largest absolute Gasteiger partial charge is 0.335 e. The number of halogens is 1. The minimum atomic E-state index is -0.164. The van der Waals surface area contributed by atoms with Crippen LogP contribution in [-0.4, -0.2) is 16.1 Å². The number of likely N-dealkylation sites (N-methyl/N-ethyl adjacent to an activating group) is 1. The van der Waals surface area contributed by atoms with Crippen molar-refractivity contribution in [1.82, 2.24) is 14.9 Å². The molecule has 0 aliphatic carbocycles. The lowest BCUT2D eigenvalue weighted by Crippen LogP contribution is -2.25. The van der Waals surface area contributed by atoms with Gasteiger partial charge in [-0.05, 0) is 19.5 Å². The van der Waals surface area contributed by atoms with Gasteiger partial charge in [-0.3, -0.25) is 0 Å². The Morgan fingerprint density at radius 2 is 2.11 bits per heavy atom. The molecule has 1 heterocycles. The second-order valence-corrected chi connectivity index (χ2v) is 4.47. The first kappa shape index (κ1) is 13.7. The molecular formula is C15H20FN3. The lowest BCUT2D eigenvalue weighted by molar-refractivity contribution is 0.492. The van der Waals surface area contributed by atoms with E-state index in [9.17, 15) is 4.39 Å². The van der Waals surface area contributed by atoms with Crippen LogP contribution in [0.5, 0.6) is 0 Å². The fourth-order valence-electron chi connectivity index (χ4n) is 2.30. The predicted octanol–water partition coefficient (Wildman–Crippen LogP) is 2.94. The zero-order valence-corrected chi connectivity index (χ0v) is 11.4. The third-order valence-corrected chi connectivity index (χ3v) is 3.26. The van der Waals surface area contributed by atoms with Crippen LogP contribution >= 0.6 is 0 Å². The number of rotatable bonds is 6. The maximum atomic E-state index is 13.9. The fraction of sp³-hybridized carbons (Fsp3) is 0.400. The highest BCUT2D eigenvalue weighted by atomic mass is 19.1. The zero-order valence-electron chi connectivity index (χ0n) is 11.4. The number of nitrogens with one attached hydrogen (secondary N) is 1. The van der Waals surface area contributed by atoms with Gasteiger partial charge in [0.15, 0.2) is 0 Å². The van der Waals surface area contributed by atoms with E-state index in [-0.39, 0.29) is 11.9 Å². The van der Waals surface area contributed by atoms with Crippen LogP contribution in [0, 0.1) is 5.82 Å². The summed E-state index contributed by atoms with van der Waals surface area (Å²) in [5.41, 5.74) is 0.704. The molecule has 0 aliphatic heterocycles. The Kier molecular flexibility index (Phi) is 4.68. The van der Waals surface area contributed by atoms with Crippen LogP contribution in [0.25, 0.3) is 0 Å². The van der Waals surface area contributed by atoms with E-state index in [4.69, 9.17) is 0 Å². The molecule has 0 saturated heterocycles. The van der Waals surface area contributed by atoms with Crippen molar-refractivity contribution in [2.75, 3.05) is 6.54 Å². The van der Waals surface area contributed by atoms with E-state index in [1.807, 2.05) is 25.3 Å². The Hall–Kier alpha value is -1.68. The second kappa shape index (κ2) is 6.48. The molecule has 1 N–H and O–H groups in total. The van der Waals surface area contributed by atoms with Gasteiger partial charge in [0.05, 0.1) is 0 Å². The Labute approximate surface area is 113 Å². The minimum absolute atomic E-state index is 0.0427. The molecule has 0 fully saturated rings. The summed E-state index contributed by atoms with van der Waals surface area (Å²) in [6.45, 7) is 5.79. The van der Waals surface area contributed by atoms with Crippen LogP contribution in [-0.2, 0) is 13.0 Å². The molecule has 19 heavy (non-hydrogen) atoms. The highest BCUT2D eigenvalue weighted by Crippen LogP contribution is 2.20. The number of hydrogen-bond donors (Lipinski definition) is 1. The van der Waals surface area contributed by atoms with Gasteiger partial charge < -0.3 is 9.88 Å². The summed E-state index contributed by atoms with van der Waals surface area (Å²) in [7, 11) is 0. The first-order valence-corrected chi connectivity index (χ1v) is 6.74. The molecular weight excluding hydrogens is 241 g/mol. The number of aryl methyl sites for hydroxylation is 1. The minimum Gasteiger partial charge on any atom is -0.335 e. The van der Waals surface area contributed by atoms with E-state index in [0.29, 0.717) is 12.0 Å². The summed E-state index contributed by atoms with van der Waals surface area (Å²) >= 11 is 0. The van der Waals surface area contributed by atoms with E-state index in [1.54, 1.807) is 12.3 Å². The van der Waals surface area contributed by atoms with Crippen molar-refractivity contribution in [2.24, 2.45) is 0 Å². The summed E-state index contributed by atoms with van der Waals surface area (Å²) in [5.74, 6) is 0.819. The third-order valence-electron chi connectivity index (χ3n) is 3.26. The van der Waals surface area contributed by atoms with Crippen molar-refractivity contribution < 1.29 is 4.39 Å². The van der Waals surface area contributed by atoms with E-state index in [1.165, 1.54) is 6.07 Å². The third kappa shape index (κ3) is 3.20. The monoisotopic (exact) mass is 261 g/mol. The normalized spacial score (nSPS) is 12.6. The molecule has 0 spiro atoms. The summed E-state index contributed by atoms with van der Waals surface area (Å²) in [6, 6.07) is 6.89. The van der Waals surface area contributed by atoms with Gasteiger partial charge in [-0.1, -0.05) is 25.1 Å². The first-order chi connectivity index (χ1) is 9.26. The van der Waals surface area contributed by atoms with Gasteiger partial charge in [0.25, 0.3) is 0 Å². The van der Waals surface area contributed by atoms with Gasteiger partial charge in [0.1, 0.15) is 11.6 Å². The predicted molar refractivity (Wildman–Crippen MR) is 74.4 cm³/mol. The van der Waals surface area contributed by atoms with Crippen molar-refractivity contribution >= 4 is 0 Å². The SMILES string of the molecule is CCNC(Cc1nccn1CC)c1ccccc1F. The summed E-state index contributed by atoms with van der Waals surface area (Å²) in [4.78, 5) is 4.36. The molecule has 3 nitrogen and oxygen atoms in total. The van der Waals surface area contributed by atoms with Gasteiger partial charge in [-0.15, -0.1) is 0 Å². The smallest absolute Gasteiger partial charge is 0.127 e. The van der Waals surface area contributed by atoms with E-state index in [0.717, 1.165) is 18.9 Å². The summed E-state index contributed by atoms with van der Waals surface area (Å²) in [5, 5.41) is 3.34. The Morgan fingerprint density at radius 1 is 1.32 bits per heavy atom. The van der Waals surface area contributed by atoms with Gasteiger partial charge in [0, 0.05) is 37.0 Å². The maximum Gasteiger partial charge on any atom is 0.127 e. The van der Waals surface area contributed by atoms with Crippen LogP contribution in [0.2, 0.25) is 0 Å². The number of benzene rings is 1. The zero-order chi connectivity index (χ0) is 13.7. The Balaban J connectivity index is 2.24. The van der Waals surface area contributed by atoms with Gasteiger partial charge in [0.2, 0.25) is 0 Å². The highest BCUT2D eigenvalue weighted by Gasteiger charge is 2.17. The van der Waals surface area contributed by atoms with Crippen LogP contribution < -0.4 is 5.32 Å². The van der Waals surface area contributed by atoms with Crippen LogP contribution in [0.1, 0.15) is 31.3 Å². The molecule has 1 unspecified atom stereocenters. The molecule has 0 bridgehead atoms. The Morgan fingerprint density at radius 3 is 2.79 bits per heavy atom. The first-order valence-electron chi connectivity index (χ1n) is 6.74.